The average molecular weight is 249 g/mol. The lowest BCUT2D eigenvalue weighted by atomic mass is 10.4. The molecule has 0 aliphatic heterocycles. The predicted molar refractivity (Wildman–Crippen MR) is 67.3 cm³/mol. The Bertz CT molecular complexity index is 136. The summed E-state index contributed by atoms with van der Waals surface area (Å²) >= 11 is 0. The Morgan fingerprint density at radius 3 is 1.65 bits per heavy atom. The number of rotatable bonds is 13. The third-order valence-corrected chi connectivity index (χ3v) is 2.30. The number of hydrogen-bond donors (Lipinski definition) is 1. The quantitative estimate of drug-likeness (QED) is 0.478. The van der Waals surface area contributed by atoms with Crippen molar-refractivity contribution in [1.82, 2.24) is 4.90 Å². The van der Waals surface area contributed by atoms with Crippen LogP contribution in [-0.4, -0.2) is 75.9 Å². The summed E-state index contributed by atoms with van der Waals surface area (Å²) in [6.45, 7) is 10.7. The average Bonchev–Trinajstić information content (AvgIpc) is 2.34. The van der Waals surface area contributed by atoms with Gasteiger partial charge in [-0.3, -0.25) is 4.90 Å². The standard InChI is InChI=1S/C12H27NO4/c1-3-15-9-5-13(6-10-16-4-2)7-11-17-12-8-14/h14H,3-12H2,1-2H3. The first-order valence-electron chi connectivity index (χ1n) is 6.41. The second-order valence-electron chi connectivity index (χ2n) is 3.57. The van der Waals surface area contributed by atoms with Crippen molar-refractivity contribution in [2.75, 3.05) is 65.9 Å². The first-order chi connectivity index (χ1) is 8.35. The van der Waals surface area contributed by atoms with Gasteiger partial charge < -0.3 is 19.3 Å². The van der Waals surface area contributed by atoms with Gasteiger partial charge in [-0.05, 0) is 13.8 Å². The normalized spacial score (nSPS) is 11.3. The van der Waals surface area contributed by atoms with E-state index in [1.54, 1.807) is 0 Å². The summed E-state index contributed by atoms with van der Waals surface area (Å²) in [5.74, 6) is 0. The van der Waals surface area contributed by atoms with Crippen LogP contribution in [0.2, 0.25) is 0 Å². The molecule has 0 aliphatic rings. The van der Waals surface area contributed by atoms with Crippen molar-refractivity contribution in [2.24, 2.45) is 0 Å². The zero-order valence-electron chi connectivity index (χ0n) is 11.2. The molecular weight excluding hydrogens is 222 g/mol. The lowest BCUT2D eigenvalue weighted by Crippen LogP contribution is -2.34. The first kappa shape index (κ1) is 16.8. The van der Waals surface area contributed by atoms with Crippen molar-refractivity contribution in [1.29, 1.82) is 0 Å². The van der Waals surface area contributed by atoms with E-state index in [4.69, 9.17) is 19.3 Å². The molecule has 0 unspecified atom stereocenters. The summed E-state index contributed by atoms with van der Waals surface area (Å²) in [5, 5.41) is 8.60. The molecule has 0 rings (SSSR count). The Morgan fingerprint density at radius 1 is 0.765 bits per heavy atom. The third kappa shape index (κ3) is 12.1. The summed E-state index contributed by atoms with van der Waals surface area (Å²) in [6.07, 6.45) is 0. The van der Waals surface area contributed by atoms with Crippen LogP contribution in [0, 0.1) is 0 Å². The minimum atomic E-state index is 0.0812. The smallest absolute Gasteiger partial charge is 0.0698 e. The summed E-state index contributed by atoms with van der Waals surface area (Å²) < 4.78 is 15.9. The molecule has 0 aromatic carbocycles. The first-order valence-corrected chi connectivity index (χ1v) is 6.41. The van der Waals surface area contributed by atoms with Gasteiger partial charge in [-0.2, -0.15) is 0 Å². The summed E-state index contributed by atoms with van der Waals surface area (Å²) in [6, 6.07) is 0. The van der Waals surface area contributed by atoms with Crippen molar-refractivity contribution in [3.8, 4) is 0 Å². The lowest BCUT2D eigenvalue weighted by Gasteiger charge is -2.21. The van der Waals surface area contributed by atoms with Gasteiger partial charge in [0.15, 0.2) is 0 Å². The van der Waals surface area contributed by atoms with Crippen LogP contribution in [0.15, 0.2) is 0 Å². The highest BCUT2D eigenvalue weighted by atomic mass is 16.5. The van der Waals surface area contributed by atoms with Gasteiger partial charge >= 0.3 is 0 Å². The van der Waals surface area contributed by atoms with Crippen molar-refractivity contribution in [3.63, 3.8) is 0 Å². The van der Waals surface area contributed by atoms with E-state index in [0.717, 1.165) is 46.1 Å². The monoisotopic (exact) mass is 249 g/mol. The maximum Gasteiger partial charge on any atom is 0.0698 e. The van der Waals surface area contributed by atoms with Gasteiger partial charge in [0.05, 0.1) is 33.0 Å². The molecule has 0 fully saturated rings. The lowest BCUT2D eigenvalue weighted by molar-refractivity contribution is 0.0473. The zero-order chi connectivity index (χ0) is 12.8. The molecule has 5 nitrogen and oxygen atoms in total. The van der Waals surface area contributed by atoms with E-state index in [0.29, 0.717) is 13.2 Å². The van der Waals surface area contributed by atoms with Crippen LogP contribution in [0.1, 0.15) is 13.8 Å². The molecule has 0 saturated heterocycles. The topological polar surface area (TPSA) is 51.2 Å². The van der Waals surface area contributed by atoms with Gasteiger partial charge in [-0.1, -0.05) is 0 Å². The molecule has 1 N–H and O–H groups in total. The van der Waals surface area contributed by atoms with Crippen molar-refractivity contribution >= 4 is 0 Å². The maximum atomic E-state index is 8.60. The molecule has 0 amide bonds. The van der Waals surface area contributed by atoms with Gasteiger partial charge in [0.2, 0.25) is 0 Å². The van der Waals surface area contributed by atoms with Gasteiger partial charge in [0.25, 0.3) is 0 Å². The molecule has 17 heavy (non-hydrogen) atoms. The van der Waals surface area contributed by atoms with Crippen molar-refractivity contribution in [3.05, 3.63) is 0 Å². The molecule has 0 aromatic rings. The predicted octanol–water partition coefficient (Wildman–Crippen LogP) is 0.370. The molecule has 0 spiro atoms. The number of nitrogens with zero attached hydrogens (tertiary/aromatic N) is 1. The van der Waals surface area contributed by atoms with Crippen LogP contribution in [0.4, 0.5) is 0 Å². The fourth-order valence-electron chi connectivity index (χ4n) is 1.37. The Morgan fingerprint density at radius 2 is 1.24 bits per heavy atom. The highest BCUT2D eigenvalue weighted by Crippen LogP contribution is 1.91. The van der Waals surface area contributed by atoms with Crippen LogP contribution in [-0.2, 0) is 14.2 Å². The van der Waals surface area contributed by atoms with E-state index in [-0.39, 0.29) is 6.61 Å². The summed E-state index contributed by atoms with van der Waals surface area (Å²) in [5.41, 5.74) is 0. The van der Waals surface area contributed by atoms with Crippen LogP contribution >= 0.6 is 0 Å². The second kappa shape index (κ2) is 13.9. The minimum Gasteiger partial charge on any atom is -0.394 e. The molecule has 0 aliphatic carbocycles. The highest BCUT2D eigenvalue weighted by Gasteiger charge is 2.04. The molecule has 0 aromatic heterocycles. The maximum absolute atomic E-state index is 8.60. The summed E-state index contributed by atoms with van der Waals surface area (Å²) in [7, 11) is 0. The van der Waals surface area contributed by atoms with Crippen molar-refractivity contribution in [2.45, 2.75) is 13.8 Å². The fraction of sp³-hybridized carbons (Fsp3) is 1.00. The SMILES string of the molecule is CCOCCN(CCOCC)CCOCCO. The molecule has 0 radical (unpaired) electrons. The van der Waals surface area contributed by atoms with E-state index in [9.17, 15) is 0 Å². The number of aliphatic hydroxyl groups is 1. The van der Waals surface area contributed by atoms with E-state index in [2.05, 4.69) is 4.90 Å². The second-order valence-corrected chi connectivity index (χ2v) is 3.57. The van der Waals surface area contributed by atoms with Crippen LogP contribution in [0.25, 0.3) is 0 Å². The van der Waals surface area contributed by atoms with E-state index in [1.807, 2.05) is 13.8 Å². The van der Waals surface area contributed by atoms with Gasteiger partial charge in [-0.25, -0.2) is 0 Å². The zero-order valence-corrected chi connectivity index (χ0v) is 11.2. The van der Waals surface area contributed by atoms with E-state index < -0.39 is 0 Å². The highest BCUT2D eigenvalue weighted by molar-refractivity contribution is 4.56. The Labute approximate surface area is 105 Å². The molecule has 0 atom stereocenters. The molecule has 0 saturated carbocycles. The number of ether oxygens (including phenoxy) is 3. The van der Waals surface area contributed by atoms with Crippen LogP contribution in [0.3, 0.4) is 0 Å². The van der Waals surface area contributed by atoms with Crippen molar-refractivity contribution < 1.29 is 19.3 Å². The molecule has 104 valence electrons. The fourth-order valence-corrected chi connectivity index (χ4v) is 1.37. The Kier molecular flexibility index (Phi) is 13.7. The molecule has 0 heterocycles. The number of aliphatic hydroxyl groups excluding tert-OH is 1. The Hall–Kier alpha value is -0.200. The molecular formula is C12H27NO4. The van der Waals surface area contributed by atoms with E-state index >= 15 is 0 Å². The Balaban J connectivity index is 3.60. The van der Waals surface area contributed by atoms with Gasteiger partial charge in [0.1, 0.15) is 0 Å². The minimum absolute atomic E-state index is 0.0812. The van der Waals surface area contributed by atoms with Crippen LogP contribution < -0.4 is 0 Å². The molecule has 5 heteroatoms. The van der Waals surface area contributed by atoms with Gasteiger partial charge in [-0.15, -0.1) is 0 Å². The van der Waals surface area contributed by atoms with Gasteiger partial charge in [0, 0.05) is 32.8 Å². The number of hydrogen-bond acceptors (Lipinski definition) is 5. The molecule has 0 bridgehead atoms. The van der Waals surface area contributed by atoms with Crippen LogP contribution in [0.5, 0.6) is 0 Å². The van der Waals surface area contributed by atoms with E-state index in [1.165, 1.54) is 0 Å². The largest absolute Gasteiger partial charge is 0.394 e. The third-order valence-electron chi connectivity index (χ3n) is 2.30. The summed E-state index contributed by atoms with van der Waals surface area (Å²) in [4.78, 5) is 2.25.